The van der Waals surface area contributed by atoms with Crippen molar-refractivity contribution >= 4 is 11.4 Å². The number of nitrogens with one attached hydrogen (secondary N) is 1. The van der Waals surface area contributed by atoms with Crippen LogP contribution in [0.5, 0.6) is 0 Å². The van der Waals surface area contributed by atoms with Gasteiger partial charge in [-0.15, -0.1) is 0 Å². The zero-order valence-electron chi connectivity index (χ0n) is 9.96. The first-order valence-electron chi connectivity index (χ1n) is 5.56. The van der Waals surface area contributed by atoms with Crippen LogP contribution < -0.4 is 5.32 Å². The van der Waals surface area contributed by atoms with Crippen LogP contribution in [-0.2, 0) is 6.54 Å². The van der Waals surface area contributed by atoms with Crippen molar-refractivity contribution in [1.82, 2.24) is 4.98 Å². The Kier molecular flexibility index (Phi) is 3.52. The van der Waals surface area contributed by atoms with Crippen LogP contribution in [0.3, 0.4) is 0 Å². The van der Waals surface area contributed by atoms with Crippen LogP contribution in [-0.4, -0.2) is 9.91 Å². The summed E-state index contributed by atoms with van der Waals surface area (Å²) in [7, 11) is 0. The third-order valence-corrected chi connectivity index (χ3v) is 2.48. The van der Waals surface area contributed by atoms with Gasteiger partial charge in [0, 0.05) is 23.5 Å². The quantitative estimate of drug-likeness (QED) is 0.662. The molecule has 0 aliphatic heterocycles. The number of nitrogens with zero attached hydrogens (tertiary/aromatic N) is 2. The van der Waals surface area contributed by atoms with Crippen molar-refractivity contribution in [3.8, 4) is 0 Å². The van der Waals surface area contributed by atoms with E-state index in [0.29, 0.717) is 12.2 Å². The van der Waals surface area contributed by atoms with Crippen molar-refractivity contribution in [3.63, 3.8) is 0 Å². The molecule has 2 aromatic rings. The molecule has 18 heavy (non-hydrogen) atoms. The van der Waals surface area contributed by atoms with Gasteiger partial charge in [0.05, 0.1) is 17.2 Å². The molecule has 5 nitrogen and oxygen atoms in total. The molecular weight excluding hydrogens is 230 g/mol. The number of anilines is 1. The minimum atomic E-state index is -0.407. The lowest BCUT2D eigenvalue weighted by atomic mass is 10.2. The number of rotatable bonds is 4. The second kappa shape index (κ2) is 5.27. The number of aromatic nitrogens is 1. The first-order chi connectivity index (χ1) is 8.65. The molecule has 1 aromatic carbocycles. The smallest absolute Gasteiger partial charge is 0.271 e. The number of non-ortho nitro benzene ring substituents is 1. The van der Waals surface area contributed by atoms with Crippen LogP contribution >= 0.6 is 0 Å². The molecule has 0 aliphatic rings. The summed E-state index contributed by atoms with van der Waals surface area (Å²) in [6.45, 7) is 2.47. The molecular formula is C13H13N3O2. The molecule has 0 fully saturated rings. The summed E-state index contributed by atoms with van der Waals surface area (Å²) in [5.74, 6) is 0. The van der Waals surface area contributed by atoms with Crippen molar-refractivity contribution in [1.29, 1.82) is 0 Å². The van der Waals surface area contributed by atoms with Crippen LogP contribution in [0.1, 0.15) is 11.4 Å². The molecule has 92 valence electrons. The molecule has 0 saturated heterocycles. The van der Waals surface area contributed by atoms with Crippen molar-refractivity contribution in [2.45, 2.75) is 13.5 Å². The third kappa shape index (κ3) is 3.04. The summed E-state index contributed by atoms with van der Waals surface area (Å²) in [5, 5.41) is 13.8. The highest BCUT2D eigenvalue weighted by Crippen LogP contribution is 2.17. The molecule has 1 aromatic heterocycles. The average Bonchev–Trinajstić information content (AvgIpc) is 2.37. The lowest BCUT2D eigenvalue weighted by Gasteiger charge is -2.06. The van der Waals surface area contributed by atoms with Crippen molar-refractivity contribution in [3.05, 3.63) is 64.0 Å². The predicted molar refractivity (Wildman–Crippen MR) is 69.4 cm³/mol. The van der Waals surface area contributed by atoms with Gasteiger partial charge in [-0.25, -0.2) is 0 Å². The van der Waals surface area contributed by atoms with Gasteiger partial charge in [0.1, 0.15) is 0 Å². The number of hydrogen-bond acceptors (Lipinski definition) is 4. The number of benzene rings is 1. The van der Waals surface area contributed by atoms with Crippen LogP contribution in [0.25, 0.3) is 0 Å². The Hall–Kier alpha value is -2.43. The molecule has 0 unspecified atom stereocenters. The van der Waals surface area contributed by atoms with E-state index in [2.05, 4.69) is 10.3 Å². The van der Waals surface area contributed by atoms with Gasteiger partial charge >= 0.3 is 0 Å². The maximum Gasteiger partial charge on any atom is 0.271 e. The minimum Gasteiger partial charge on any atom is -0.379 e. The van der Waals surface area contributed by atoms with Crippen molar-refractivity contribution in [2.24, 2.45) is 0 Å². The second-order valence-electron chi connectivity index (χ2n) is 3.93. The molecule has 0 bridgehead atoms. The monoisotopic (exact) mass is 243 g/mol. The number of aryl methyl sites for hydroxylation is 1. The van der Waals surface area contributed by atoms with Crippen LogP contribution in [0, 0.1) is 17.0 Å². The fourth-order valence-corrected chi connectivity index (χ4v) is 1.62. The van der Waals surface area contributed by atoms with E-state index in [4.69, 9.17) is 0 Å². The highest BCUT2D eigenvalue weighted by Gasteiger charge is 2.05. The maximum absolute atomic E-state index is 10.6. The van der Waals surface area contributed by atoms with Gasteiger partial charge in [-0.05, 0) is 25.1 Å². The molecule has 0 atom stereocenters. The van der Waals surface area contributed by atoms with E-state index >= 15 is 0 Å². The second-order valence-corrected chi connectivity index (χ2v) is 3.93. The van der Waals surface area contributed by atoms with Gasteiger partial charge in [-0.2, -0.15) is 0 Å². The Morgan fingerprint density at radius 1 is 1.28 bits per heavy atom. The maximum atomic E-state index is 10.6. The molecule has 0 spiro atoms. The SMILES string of the molecule is Cc1cccc(CNc2cccc([N+](=O)[O-])c2)n1. The van der Waals surface area contributed by atoms with Gasteiger partial charge in [0.15, 0.2) is 0 Å². The lowest BCUT2D eigenvalue weighted by molar-refractivity contribution is -0.384. The van der Waals surface area contributed by atoms with E-state index in [1.165, 1.54) is 12.1 Å². The van der Waals surface area contributed by atoms with E-state index in [1.807, 2.05) is 25.1 Å². The van der Waals surface area contributed by atoms with Gasteiger partial charge in [0.2, 0.25) is 0 Å². The standard InChI is InChI=1S/C13H13N3O2/c1-10-4-2-6-12(15-10)9-14-11-5-3-7-13(8-11)16(17)18/h2-8,14H,9H2,1H3. The Morgan fingerprint density at radius 3 is 2.78 bits per heavy atom. The van der Waals surface area contributed by atoms with Gasteiger partial charge in [-0.1, -0.05) is 12.1 Å². The zero-order chi connectivity index (χ0) is 13.0. The van der Waals surface area contributed by atoms with E-state index in [9.17, 15) is 10.1 Å². The summed E-state index contributed by atoms with van der Waals surface area (Å²) in [4.78, 5) is 14.6. The van der Waals surface area contributed by atoms with E-state index < -0.39 is 4.92 Å². The minimum absolute atomic E-state index is 0.0807. The highest BCUT2D eigenvalue weighted by molar-refractivity contribution is 5.51. The number of nitro benzene ring substituents is 1. The molecule has 0 saturated carbocycles. The summed E-state index contributed by atoms with van der Waals surface area (Å²) in [6.07, 6.45) is 0. The van der Waals surface area contributed by atoms with Crippen LogP contribution in [0.4, 0.5) is 11.4 Å². The molecule has 2 rings (SSSR count). The van der Waals surface area contributed by atoms with Crippen LogP contribution in [0.15, 0.2) is 42.5 Å². The summed E-state index contributed by atoms with van der Waals surface area (Å²) in [5.41, 5.74) is 2.65. The molecule has 1 N–H and O–H groups in total. The van der Waals surface area contributed by atoms with E-state index in [1.54, 1.807) is 12.1 Å². The van der Waals surface area contributed by atoms with Gasteiger partial charge in [0.25, 0.3) is 5.69 Å². The Morgan fingerprint density at radius 2 is 2.06 bits per heavy atom. The third-order valence-electron chi connectivity index (χ3n) is 2.48. The molecule has 0 radical (unpaired) electrons. The van der Waals surface area contributed by atoms with Gasteiger partial charge < -0.3 is 5.32 Å². The Bertz CT molecular complexity index is 570. The zero-order valence-corrected chi connectivity index (χ0v) is 9.96. The molecule has 0 amide bonds. The highest BCUT2D eigenvalue weighted by atomic mass is 16.6. The van der Waals surface area contributed by atoms with Crippen molar-refractivity contribution in [2.75, 3.05) is 5.32 Å². The average molecular weight is 243 g/mol. The molecule has 1 heterocycles. The Labute approximate surface area is 105 Å². The van der Waals surface area contributed by atoms with E-state index in [-0.39, 0.29) is 5.69 Å². The first-order valence-corrected chi connectivity index (χ1v) is 5.56. The summed E-state index contributed by atoms with van der Waals surface area (Å²) >= 11 is 0. The topological polar surface area (TPSA) is 68.1 Å². The summed E-state index contributed by atoms with van der Waals surface area (Å²) in [6, 6.07) is 12.2. The fraction of sp³-hybridized carbons (Fsp3) is 0.154. The normalized spacial score (nSPS) is 10.1. The number of nitro groups is 1. The lowest BCUT2D eigenvalue weighted by Crippen LogP contribution is -2.02. The van der Waals surface area contributed by atoms with E-state index in [0.717, 1.165) is 11.4 Å². The van der Waals surface area contributed by atoms with Crippen LogP contribution in [0.2, 0.25) is 0 Å². The van der Waals surface area contributed by atoms with Gasteiger partial charge in [-0.3, -0.25) is 15.1 Å². The molecule has 5 heteroatoms. The number of hydrogen-bond donors (Lipinski definition) is 1. The molecule has 0 aliphatic carbocycles. The van der Waals surface area contributed by atoms with Crippen molar-refractivity contribution < 1.29 is 4.92 Å². The fourth-order valence-electron chi connectivity index (χ4n) is 1.62. The summed E-state index contributed by atoms with van der Waals surface area (Å²) < 4.78 is 0. The Balaban J connectivity index is 2.06. The number of pyridine rings is 1. The first kappa shape index (κ1) is 12.0. The predicted octanol–water partition coefficient (Wildman–Crippen LogP) is 2.91. The largest absolute Gasteiger partial charge is 0.379 e.